The van der Waals surface area contributed by atoms with Crippen LogP contribution in [0.2, 0.25) is 0 Å². The van der Waals surface area contributed by atoms with Gasteiger partial charge in [-0.15, -0.1) is 0 Å². The van der Waals surface area contributed by atoms with E-state index in [1.54, 1.807) is 12.1 Å². The Morgan fingerprint density at radius 3 is 2.76 bits per heavy atom. The monoisotopic (exact) mass is 291 g/mol. The van der Waals surface area contributed by atoms with Crippen LogP contribution in [0.4, 0.5) is 4.39 Å². The molecule has 0 saturated heterocycles. The minimum absolute atomic E-state index is 0.250. The SMILES string of the molecule is C/C=C/c1cccn1CCOc1cccc(F)c1.O=CO. The van der Waals surface area contributed by atoms with Crippen LogP contribution in [0, 0.1) is 5.82 Å². The molecule has 2 aromatic rings. The molecule has 4 nitrogen and oxygen atoms in total. The molecule has 112 valence electrons. The van der Waals surface area contributed by atoms with Gasteiger partial charge in [0.2, 0.25) is 0 Å². The second kappa shape index (κ2) is 9.36. The van der Waals surface area contributed by atoms with E-state index in [0.29, 0.717) is 12.4 Å². The van der Waals surface area contributed by atoms with Gasteiger partial charge in [0.05, 0.1) is 6.54 Å². The van der Waals surface area contributed by atoms with E-state index in [4.69, 9.17) is 14.6 Å². The molecule has 1 heterocycles. The Morgan fingerprint density at radius 2 is 2.10 bits per heavy atom. The minimum Gasteiger partial charge on any atom is -0.492 e. The lowest BCUT2D eigenvalue weighted by molar-refractivity contribution is -0.122. The molecule has 0 spiro atoms. The van der Waals surface area contributed by atoms with Crippen LogP contribution in [0.15, 0.2) is 48.7 Å². The van der Waals surface area contributed by atoms with Gasteiger partial charge in [-0.2, -0.15) is 0 Å². The van der Waals surface area contributed by atoms with Gasteiger partial charge in [-0.05, 0) is 37.3 Å². The zero-order valence-electron chi connectivity index (χ0n) is 11.8. The molecule has 1 N–H and O–H groups in total. The average molecular weight is 291 g/mol. The van der Waals surface area contributed by atoms with Crippen molar-refractivity contribution in [3.63, 3.8) is 0 Å². The first kappa shape index (κ1) is 16.5. The van der Waals surface area contributed by atoms with Crippen molar-refractivity contribution < 1.29 is 19.0 Å². The molecule has 2 rings (SSSR count). The molecule has 0 fully saturated rings. The molecular weight excluding hydrogens is 273 g/mol. The number of hydrogen-bond donors (Lipinski definition) is 1. The van der Waals surface area contributed by atoms with E-state index in [0.717, 1.165) is 12.2 Å². The molecule has 0 bridgehead atoms. The number of aromatic nitrogens is 1. The first-order valence-corrected chi connectivity index (χ1v) is 6.45. The van der Waals surface area contributed by atoms with Crippen molar-refractivity contribution in [1.29, 1.82) is 0 Å². The fourth-order valence-electron chi connectivity index (χ4n) is 1.77. The summed E-state index contributed by atoms with van der Waals surface area (Å²) in [7, 11) is 0. The summed E-state index contributed by atoms with van der Waals surface area (Å²) >= 11 is 0. The molecule has 0 unspecified atom stereocenters. The number of hydrogen-bond acceptors (Lipinski definition) is 2. The van der Waals surface area contributed by atoms with Crippen molar-refractivity contribution >= 4 is 12.5 Å². The van der Waals surface area contributed by atoms with Crippen LogP contribution in [0.25, 0.3) is 6.08 Å². The fraction of sp³-hybridized carbons (Fsp3) is 0.188. The number of rotatable bonds is 5. The molecular formula is C16H18FNO3. The van der Waals surface area contributed by atoms with Crippen LogP contribution in [-0.2, 0) is 11.3 Å². The zero-order valence-corrected chi connectivity index (χ0v) is 11.8. The topological polar surface area (TPSA) is 51.5 Å². The van der Waals surface area contributed by atoms with Crippen molar-refractivity contribution in [2.75, 3.05) is 6.61 Å². The number of benzene rings is 1. The van der Waals surface area contributed by atoms with E-state index in [1.165, 1.54) is 12.1 Å². The summed E-state index contributed by atoms with van der Waals surface area (Å²) < 4.78 is 20.5. The molecule has 1 aromatic carbocycles. The van der Waals surface area contributed by atoms with Crippen molar-refractivity contribution in [1.82, 2.24) is 4.57 Å². The number of nitrogens with zero attached hydrogens (tertiary/aromatic N) is 1. The average Bonchev–Trinajstić information content (AvgIpc) is 2.88. The third kappa shape index (κ3) is 5.95. The molecule has 0 atom stereocenters. The summed E-state index contributed by atoms with van der Waals surface area (Å²) in [5, 5.41) is 6.89. The molecule has 5 heteroatoms. The Morgan fingerprint density at radius 1 is 1.33 bits per heavy atom. The Labute approximate surface area is 123 Å². The largest absolute Gasteiger partial charge is 0.492 e. The number of halogens is 1. The van der Waals surface area contributed by atoms with Crippen molar-refractivity contribution in [3.8, 4) is 5.75 Å². The molecule has 0 aliphatic carbocycles. The lowest BCUT2D eigenvalue weighted by Gasteiger charge is -2.09. The van der Waals surface area contributed by atoms with Crippen molar-refractivity contribution in [3.05, 3.63) is 60.2 Å². The second-order valence-corrected chi connectivity index (χ2v) is 4.04. The molecule has 1 aromatic heterocycles. The number of carbonyl (C=O) groups is 1. The number of carboxylic acid groups (broad SMARTS) is 1. The molecule has 0 amide bonds. The minimum atomic E-state index is -0.275. The van der Waals surface area contributed by atoms with E-state index in [9.17, 15) is 4.39 Å². The van der Waals surface area contributed by atoms with E-state index in [1.807, 2.05) is 37.4 Å². The summed E-state index contributed by atoms with van der Waals surface area (Å²) in [5.74, 6) is 0.290. The quantitative estimate of drug-likeness (QED) is 0.859. The summed E-state index contributed by atoms with van der Waals surface area (Å²) in [6.45, 7) is 2.99. The smallest absolute Gasteiger partial charge is 0.290 e. The molecule has 0 aliphatic rings. The standard InChI is InChI=1S/C15H16FNO.CH2O2/c1-2-5-14-7-4-9-17(14)10-11-18-15-8-3-6-13(16)12-15;2-1-3/h2-9,12H,10-11H2,1H3;1H,(H,2,3)/b5-2+;. The summed E-state index contributed by atoms with van der Waals surface area (Å²) in [4.78, 5) is 8.36. The van der Waals surface area contributed by atoms with Crippen LogP contribution >= 0.6 is 0 Å². The maximum Gasteiger partial charge on any atom is 0.290 e. The fourth-order valence-corrected chi connectivity index (χ4v) is 1.77. The second-order valence-electron chi connectivity index (χ2n) is 4.04. The highest BCUT2D eigenvalue weighted by atomic mass is 19.1. The Kier molecular flexibility index (Phi) is 7.35. The third-order valence-electron chi connectivity index (χ3n) is 2.60. The van der Waals surface area contributed by atoms with Gasteiger partial charge in [0.1, 0.15) is 18.2 Å². The van der Waals surface area contributed by atoms with E-state index < -0.39 is 0 Å². The third-order valence-corrected chi connectivity index (χ3v) is 2.60. The van der Waals surface area contributed by atoms with E-state index in [-0.39, 0.29) is 12.3 Å². The van der Waals surface area contributed by atoms with Gasteiger partial charge in [-0.3, -0.25) is 4.79 Å². The zero-order chi connectivity index (χ0) is 15.5. The van der Waals surface area contributed by atoms with Crippen LogP contribution < -0.4 is 4.74 Å². The Balaban J connectivity index is 0.000000677. The first-order valence-electron chi connectivity index (χ1n) is 6.45. The van der Waals surface area contributed by atoms with Crippen LogP contribution in [0.5, 0.6) is 5.75 Å². The van der Waals surface area contributed by atoms with Gasteiger partial charge < -0.3 is 14.4 Å². The Bertz CT molecular complexity index is 578. The van der Waals surface area contributed by atoms with Crippen LogP contribution in [0.3, 0.4) is 0 Å². The van der Waals surface area contributed by atoms with Crippen LogP contribution in [-0.4, -0.2) is 22.8 Å². The van der Waals surface area contributed by atoms with Gasteiger partial charge in [-0.25, -0.2) is 4.39 Å². The maximum atomic E-state index is 12.9. The highest BCUT2D eigenvalue weighted by Gasteiger charge is 1.99. The molecule has 21 heavy (non-hydrogen) atoms. The predicted octanol–water partition coefficient (Wildman–Crippen LogP) is 3.44. The van der Waals surface area contributed by atoms with Gasteiger partial charge >= 0.3 is 0 Å². The molecule has 0 radical (unpaired) electrons. The van der Waals surface area contributed by atoms with Gasteiger partial charge in [-0.1, -0.05) is 12.1 Å². The van der Waals surface area contributed by atoms with Crippen LogP contribution in [0.1, 0.15) is 12.6 Å². The highest BCUT2D eigenvalue weighted by molar-refractivity contribution is 5.44. The lowest BCUT2D eigenvalue weighted by atomic mass is 10.3. The first-order chi connectivity index (χ1) is 10.2. The molecule has 0 aliphatic heterocycles. The van der Waals surface area contributed by atoms with Crippen molar-refractivity contribution in [2.24, 2.45) is 0 Å². The summed E-state index contributed by atoms with van der Waals surface area (Å²) in [5.41, 5.74) is 1.14. The van der Waals surface area contributed by atoms with Gasteiger partial charge in [0.15, 0.2) is 0 Å². The highest BCUT2D eigenvalue weighted by Crippen LogP contribution is 2.12. The number of allylic oxidation sites excluding steroid dienone is 1. The summed E-state index contributed by atoms with van der Waals surface area (Å²) in [6, 6.07) is 10.2. The van der Waals surface area contributed by atoms with E-state index in [2.05, 4.69) is 4.57 Å². The normalized spacial score (nSPS) is 10.0. The Hall–Kier alpha value is -2.56. The lowest BCUT2D eigenvalue weighted by Crippen LogP contribution is -2.08. The molecule has 0 saturated carbocycles. The van der Waals surface area contributed by atoms with Crippen molar-refractivity contribution in [2.45, 2.75) is 13.5 Å². The maximum absolute atomic E-state index is 12.9. The summed E-state index contributed by atoms with van der Waals surface area (Å²) in [6.07, 6.45) is 6.05. The predicted molar refractivity (Wildman–Crippen MR) is 79.7 cm³/mol. The van der Waals surface area contributed by atoms with Gasteiger partial charge in [0.25, 0.3) is 6.47 Å². The van der Waals surface area contributed by atoms with E-state index >= 15 is 0 Å². The number of ether oxygens (including phenoxy) is 1. The van der Waals surface area contributed by atoms with Gasteiger partial charge in [0, 0.05) is 18.0 Å².